The van der Waals surface area contributed by atoms with Crippen LogP contribution in [0.1, 0.15) is 25.7 Å². The van der Waals surface area contributed by atoms with Crippen LogP contribution in [0.5, 0.6) is 0 Å². The zero-order valence-electron chi connectivity index (χ0n) is 10.7. The zero-order chi connectivity index (χ0) is 12.3. The predicted molar refractivity (Wildman–Crippen MR) is 66.9 cm³/mol. The summed E-state index contributed by atoms with van der Waals surface area (Å²) in [7, 11) is 2.20. The summed E-state index contributed by atoms with van der Waals surface area (Å²) in [4.78, 5) is 13.1. The molecule has 3 unspecified atom stereocenters. The summed E-state index contributed by atoms with van der Waals surface area (Å²) in [5.74, 6) is 0.534. The van der Waals surface area contributed by atoms with Crippen LogP contribution in [0.3, 0.4) is 0 Å². The van der Waals surface area contributed by atoms with Crippen molar-refractivity contribution in [2.75, 3.05) is 33.2 Å². The molecular formula is C13H24N2O2. The standard InChI is InChI=1S/C13H24N2O2/c1-15-6-2-3-10(9-15)4-5-14-8-11-7-12(11)13(16)17/h10-12,14H,2-9H2,1H3,(H,16,17). The molecule has 0 spiro atoms. The molecule has 2 fully saturated rings. The van der Waals surface area contributed by atoms with Crippen molar-refractivity contribution in [3.05, 3.63) is 0 Å². The fourth-order valence-corrected chi connectivity index (χ4v) is 2.88. The third-order valence-electron chi connectivity index (χ3n) is 4.10. The number of nitrogens with zero attached hydrogens (tertiary/aromatic N) is 1. The Balaban J connectivity index is 1.50. The Bertz CT molecular complexity index is 270. The molecule has 0 aromatic heterocycles. The second kappa shape index (κ2) is 5.83. The van der Waals surface area contributed by atoms with Gasteiger partial charge in [-0.15, -0.1) is 0 Å². The number of carboxylic acid groups (broad SMARTS) is 1. The van der Waals surface area contributed by atoms with Gasteiger partial charge in [-0.25, -0.2) is 0 Å². The molecule has 1 aliphatic carbocycles. The molecule has 4 nitrogen and oxygen atoms in total. The third-order valence-corrected chi connectivity index (χ3v) is 4.10. The van der Waals surface area contributed by atoms with Crippen molar-refractivity contribution in [2.24, 2.45) is 17.8 Å². The number of nitrogens with one attached hydrogen (secondary N) is 1. The second-order valence-corrected chi connectivity index (χ2v) is 5.70. The Morgan fingerprint density at radius 2 is 2.35 bits per heavy atom. The summed E-state index contributed by atoms with van der Waals surface area (Å²) in [6.45, 7) is 4.40. The van der Waals surface area contributed by atoms with E-state index in [2.05, 4.69) is 17.3 Å². The lowest BCUT2D eigenvalue weighted by Crippen LogP contribution is -2.33. The first-order valence-electron chi connectivity index (χ1n) is 6.79. The maximum Gasteiger partial charge on any atom is 0.306 e. The number of likely N-dealkylation sites (tertiary alicyclic amines) is 1. The number of hydrogen-bond acceptors (Lipinski definition) is 3. The van der Waals surface area contributed by atoms with Crippen LogP contribution in [0, 0.1) is 17.8 Å². The molecule has 0 amide bonds. The van der Waals surface area contributed by atoms with Crippen molar-refractivity contribution < 1.29 is 9.90 Å². The number of aliphatic carboxylic acids is 1. The van der Waals surface area contributed by atoms with Gasteiger partial charge in [-0.1, -0.05) is 0 Å². The summed E-state index contributed by atoms with van der Waals surface area (Å²) >= 11 is 0. The number of piperidine rings is 1. The molecule has 0 aromatic rings. The highest BCUT2D eigenvalue weighted by molar-refractivity contribution is 5.73. The van der Waals surface area contributed by atoms with E-state index < -0.39 is 5.97 Å². The average molecular weight is 240 g/mol. The van der Waals surface area contributed by atoms with Crippen molar-refractivity contribution in [3.8, 4) is 0 Å². The van der Waals surface area contributed by atoms with E-state index in [-0.39, 0.29) is 5.92 Å². The predicted octanol–water partition coefficient (Wildman–Crippen LogP) is 1.03. The van der Waals surface area contributed by atoms with E-state index in [1.807, 2.05) is 0 Å². The lowest BCUT2D eigenvalue weighted by molar-refractivity contribution is -0.138. The minimum atomic E-state index is -0.620. The van der Waals surface area contributed by atoms with Crippen LogP contribution in [-0.2, 0) is 4.79 Å². The van der Waals surface area contributed by atoms with Crippen LogP contribution < -0.4 is 5.32 Å². The van der Waals surface area contributed by atoms with Gasteiger partial charge in [0.2, 0.25) is 0 Å². The molecule has 0 radical (unpaired) electrons. The van der Waals surface area contributed by atoms with Gasteiger partial charge < -0.3 is 15.3 Å². The van der Waals surface area contributed by atoms with Crippen molar-refractivity contribution in [1.82, 2.24) is 10.2 Å². The van der Waals surface area contributed by atoms with E-state index in [0.717, 1.165) is 25.4 Å². The van der Waals surface area contributed by atoms with Crippen molar-refractivity contribution in [2.45, 2.75) is 25.7 Å². The number of carbonyl (C=O) groups is 1. The molecule has 17 heavy (non-hydrogen) atoms. The highest BCUT2D eigenvalue weighted by Crippen LogP contribution is 2.37. The fourth-order valence-electron chi connectivity index (χ4n) is 2.88. The van der Waals surface area contributed by atoms with E-state index in [1.165, 1.54) is 32.4 Å². The van der Waals surface area contributed by atoms with E-state index in [4.69, 9.17) is 5.11 Å². The smallest absolute Gasteiger partial charge is 0.306 e. The minimum absolute atomic E-state index is 0.0664. The van der Waals surface area contributed by atoms with Crippen LogP contribution in [0.25, 0.3) is 0 Å². The summed E-state index contributed by atoms with van der Waals surface area (Å²) in [6, 6.07) is 0. The SMILES string of the molecule is CN1CCCC(CCNCC2CC2C(=O)O)C1. The van der Waals surface area contributed by atoms with Crippen LogP contribution in [0.4, 0.5) is 0 Å². The van der Waals surface area contributed by atoms with Crippen molar-refractivity contribution in [1.29, 1.82) is 0 Å². The number of carboxylic acids is 1. The Labute approximate surface area is 103 Å². The first-order valence-corrected chi connectivity index (χ1v) is 6.79. The number of rotatable bonds is 6. The van der Waals surface area contributed by atoms with Crippen molar-refractivity contribution in [3.63, 3.8) is 0 Å². The van der Waals surface area contributed by atoms with Gasteiger partial charge in [0, 0.05) is 6.54 Å². The maximum absolute atomic E-state index is 10.7. The topological polar surface area (TPSA) is 52.6 Å². The van der Waals surface area contributed by atoms with Gasteiger partial charge in [-0.2, -0.15) is 0 Å². The Morgan fingerprint density at radius 3 is 3.00 bits per heavy atom. The van der Waals surface area contributed by atoms with Gasteiger partial charge in [-0.05, 0) is 64.2 Å². The lowest BCUT2D eigenvalue weighted by atomic mass is 9.95. The van der Waals surface area contributed by atoms with E-state index in [9.17, 15) is 4.79 Å². The molecule has 1 heterocycles. The molecule has 98 valence electrons. The van der Waals surface area contributed by atoms with Gasteiger partial charge in [0.05, 0.1) is 5.92 Å². The minimum Gasteiger partial charge on any atom is -0.481 e. The molecule has 0 bridgehead atoms. The molecule has 3 atom stereocenters. The Kier molecular flexibility index (Phi) is 4.40. The van der Waals surface area contributed by atoms with Crippen molar-refractivity contribution >= 4 is 5.97 Å². The normalized spacial score (nSPS) is 33.6. The molecule has 0 aromatic carbocycles. The first kappa shape index (κ1) is 12.8. The molecular weight excluding hydrogens is 216 g/mol. The van der Waals surface area contributed by atoms with Gasteiger partial charge in [0.1, 0.15) is 0 Å². The maximum atomic E-state index is 10.7. The quantitative estimate of drug-likeness (QED) is 0.681. The first-order chi connectivity index (χ1) is 8.16. The summed E-state index contributed by atoms with van der Waals surface area (Å²) in [5.41, 5.74) is 0. The fraction of sp³-hybridized carbons (Fsp3) is 0.923. The molecule has 2 rings (SSSR count). The van der Waals surface area contributed by atoms with Gasteiger partial charge in [-0.3, -0.25) is 4.79 Å². The largest absolute Gasteiger partial charge is 0.481 e. The average Bonchev–Trinajstić information content (AvgIpc) is 3.04. The highest BCUT2D eigenvalue weighted by atomic mass is 16.4. The van der Waals surface area contributed by atoms with E-state index in [1.54, 1.807) is 0 Å². The molecule has 1 aliphatic heterocycles. The monoisotopic (exact) mass is 240 g/mol. The highest BCUT2D eigenvalue weighted by Gasteiger charge is 2.42. The molecule has 1 saturated heterocycles. The van der Waals surface area contributed by atoms with Gasteiger partial charge in [0.25, 0.3) is 0 Å². The lowest BCUT2D eigenvalue weighted by Gasteiger charge is -2.29. The number of hydrogen-bond donors (Lipinski definition) is 2. The second-order valence-electron chi connectivity index (χ2n) is 5.70. The third kappa shape index (κ3) is 3.96. The zero-order valence-corrected chi connectivity index (χ0v) is 10.7. The van der Waals surface area contributed by atoms with Crippen LogP contribution in [0.15, 0.2) is 0 Å². The summed E-state index contributed by atoms with van der Waals surface area (Å²) in [6.07, 6.45) is 4.78. The molecule has 2 aliphatic rings. The van der Waals surface area contributed by atoms with E-state index >= 15 is 0 Å². The molecule has 1 saturated carbocycles. The van der Waals surface area contributed by atoms with E-state index in [0.29, 0.717) is 5.92 Å². The molecule has 2 N–H and O–H groups in total. The summed E-state index contributed by atoms with van der Waals surface area (Å²) in [5, 5.41) is 12.2. The Hall–Kier alpha value is -0.610. The Morgan fingerprint density at radius 1 is 1.53 bits per heavy atom. The van der Waals surface area contributed by atoms with Gasteiger partial charge in [0.15, 0.2) is 0 Å². The van der Waals surface area contributed by atoms with Gasteiger partial charge >= 0.3 is 5.97 Å². The summed E-state index contributed by atoms with van der Waals surface area (Å²) < 4.78 is 0. The molecule has 4 heteroatoms. The van der Waals surface area contributed by atoms with Crippen LogP contribution >= 0.6 is 0 Å². The van der Waals surface area contributed by atoms with Crippen LogP contribution in [-0.4, -0.2) is 49.2 Å². The van der Waals surface area contributed by atoms with Crippen LogP contribution in [0.2, 0.25) is 0 Å².